The largest absolute Gasteiger partial charge is 0.336 e. The Labute approximate surface area is 149 Å². The van der Waals surface area contributed by atoms with E-state index in [1.54, 1.807) is 18.7 Å². The normalized spacial score (nSPS) is 19.1. The second kappa shape index (κ2) is 7.42. The van der Waals surface area contributed by atoms with E-state index in [2.05, 4.69) is 0 Å². The van der Waals surface area contributed by atoms with Gasteiger partial charge in [0.25, 0.3) is 5.91 Å². The molecule has 1 aliphatic rings. The molecule has 7 heteroatoms. The lowest BCUT2D eigenvalue weighted by Gasteiger charge is -2.33. The Morgan fingerprint density at radius 1 is 1.33 bits per heavy atom. The summed E-state index contributed by atoms with van der Waals surface area (Å²) in [6.07, 6.45) is 3.02. The topological polar surface area (TPSA) is 57.7 Å². The molecule has 2 rings (SSSR count). The van der Waals surface area contributed by atoms with E-state index in [-0.39, 0.29) is 33.5 Å². The molecule has 134 valence electrons. The SMILES string of the molecule is CC1CCCCN1C(=O)c1cc(S(=O)(=O)N(C)C(C)C)ccc1Cl. The van der Waals surface area contributed by atoms with Crippen molar-refractivity contribution in [3.8, 4) is 0 Å². The predicted molar refractivity (Wildman–Crippen MR) is 95.9 cm³/mol. The van der Waals surface area contributed by atoms with Crippen LogP contribution >= 0.6 is 11.6 Å². The summed E-state index contributed by atoms with van der Waals surface area (Å²) < 4.78 is 26.6. The summed E-state index contributed by atoms with van der Waals surface area (Å²) in [5.41, 5.74) is 0.253. The van der Waals surface area contributed by atoms with E-state index in [9.17, 15) is 13.2 Å². The number of rotatable bonds is 4. The Morgan fingerprint density at radius 2 is 2.00 bits per heavy atom. The summed E-state index contributed by atoms with van der Waals surface area (Å²) >= 11 is 6.19. The second-order valence-corrected chi connectivity index (χ2v) is 9.00. The summed E-state index contributed by atoms with van der Waals surface area (Å²) in [4.78, 5) is 14.7. The van der Waals surface area contributed by atoms with Crippen LogP contribution in [-0.4, -0.2) is 49.2 Å². The standard InChI is InChI=1S/C17H25ClN2O3S/c1-12(2)19(4)24(22,23)14-8-9-16(18)15(11-14)17(21)20-10-6-5-7-13(20)3/h8-9,11-13H,5-7,10H2,1-4H3. The van der Waals surface area contributed by atoms with Gasteiger partial charge in [0.15, 0.2) is 0 Å². The molecule has 1 amide bonds. The maximum absolute atomic E-state index is 12.8. The van der Waals surface area contributed by atoms with Crippen LogP contribution in [0.4, 0.5) is 0 Å². The number of hydrogen-bond donors (Lipinski definition) is 0. The third kappa shape index (κ3) is 3.76. The van der Waals surface area contributed by atoms with E-state index in [0.717, 1.165) is 19.3 Å². The average molecular weight is 373 g/mol. The van der Waals surface area contributed by atoms with Crippen LogP contribution in [0.1, 0.15) is 50.4 Å². The lowest BCUT2D eigenvalue weighted by molar-refractivity contribution is 0.0635. The molecule has 1 atom stereocenters. The monoisotopic (exact) mass is 372 g/mol. The van der Waals surface area contributed by atoms with Gasteiger partial charge in [-0.25, -0.2) is 8.42 Å². The van der Waals surface area contributed by atoms with Gasteiger partial charge >= 0.3 is 0 Å². The van der Waals surface area contributed by atoms with Gasteiger partial charge < -0.3 is 4.90 Å². The van der Waals surface area contributed by atoms with Crippen molar-refractivity contribution in [2.75, 3.05) is 13.6 Å². The zero-order valence-electron chi connectivity index (χ0n) is 14.6. The van der Waals surface area contributed by atoms with Crippen LogP contribution in [0.3, 0.4) is 0 Å². The molecule has 0 aliphatic carbocycles. The molecule has 0 radical (unpaired) electrons. The van der Waals surface area contributed by atoms with Crippen molar-refractivity contribution in [1.82, 2.24) is 9.21 Å². The van der Waals surface area contributed by atoms with Crippen LogP contribution in [0, 0.1) is 0 Å². The molecule has 1 unspecified atom stereocenters. The number of likely N-dealkylation sites (tertiary alicyclic amines) is 1. The molecular weight excluding hydrogens is 348 g/mol. The lowest BCUT2D eigenvalue weighted by atomic mass is 10.0. The third-order valence-corrected chi connectivity index (χ3v) is 7.00. The Hall–Kier alpha value is -1.11. The van der Waals surface area contributed by atoms with Crippen molar-refractivity contribution < 1.29 is 13.2 Å². The number of benzene rings is 1. The first kappa shape index (κ1) is 19.2. The molecule has 1 aromatic rings. The van der Waals surface area contributed by atoms with Gasteiger partial charge in [-0.1, -0.05) is 11.6 Å². The minimum absolute atomic E-state index is 0.0936. The number of halogens is 1. The molecule has 24 heavy (non-hydrogen) atoms. The molecule has 1 aromatic carbocycles. The van der Waals surface area contributed by atoms with Gasteiger partial charge in [0.05, 0.1) is 15.5 Å². The molecule has 1 saturated heterocycles. The van der Waals surface area contributed by atoms with Crippen LogP contribution in [0.25, 0.3) is 0 Å². The highest BCUT2D eigenvalue weighted by Gasteiger charge is 2.28. The van der Waals surface area contributed by atoms with Gasteiger partial charge in [0, 0.05) is 25.7 Å². The number of carbonyl (C=O) groups is 1. The fourth-order valence-corrected chi connectivity index (χ4v) is 4.42. The highest BCUT2D eigenvalue weighted by molar-refractivity contribution is 7.89. The number of amides is 1. The Bertz CT molecular complexity index is 719. The quantitative estimate of drug-likeness (QED) is 0.814. The van der Waals surface area contributed by atoms with Crippen molar-refractivity contribution in [2.24, 2.45) is 0 Å². The van der Waals surface area contributed by atoms with E-state index in [1.165, 1.54) is 29.6 Å². The first-order chi connectivity index (χ1) is 11.2. The van der Waals surface area contributed by atoms with E-state index in [0.29, 0.717) is 6.54 Å². The Balaban J connectivity index is 2.40. The maximum Gasteiger partial charge on any atom is 0.255 e. The van der Waals surface area contributed by atoms with Crippen molar-refractivity contribution in [1.29, 1.82) is 0 Å². The first-order valence-corrected chi connectivity index (χ1v) is 10.1. The number of sulfonamides is 1. The third-order valence-electron chi connectivity index (χ3n) is 4.64. The van der Waals surface area contributed by atoms with Crippen LogP contribution < -0.4 is 0 Å². The zero-order valence-corrected chi connectivity index (χ0v) is 16.2. The van der Waals surface area contributed by atoms with Gasteiger partial charge in [-0.15, -0.1) is 0 Å². The number of nitrogens with zero attached hydrogens (tertiary/aromatic N) is 2. The summed E-state index contributed by atoms with van der Waals surface area (Å²) in [5, 5.41) is 0.281. The van der Waals surface area contributed by atoms with Gasteiger partial charge in [0.2, 0.25) is 10.0 Å². The lowest BCUT2D eigenvalue weighted by Crippen LogP contribution is -2.42. The molecule has 0 bridgehead atoms. The molecule has 1 fully saturated rings. The summed E-state index contributed by atoms with van der Waals surface area (Å²) in [6, 6.07) is 4.31. The maximum atomic E-state index is 12.8. The number of carbonyl (C=O) groups excluding carboxylic acids is 1. The first-order valence-electron chi connectivity index (χ1n) is 8.24. The van der Waals surface area contributed by atoms with E-state index in [4.69, 9.17) is 11.6 Å². The number of hydrogen-bond acceptors (Lipinski definition) is 3. The summed E-state index contributed by atoms with van der Waals surface area (Å²) in [6.45, 7) is 6.29. The highest BCUT2D eigenvalue weighted by atomic mass is 35.5. The molecular formula is C17H25ClN2O3S. The van der Waals surface area contributed by atoms with Crippen LogP contribution in [-0.2, 0) is 10.0 Å². The molecule has 1 heterocycles. The van der Waals surface area contributed by atoms with Gasteiger partial charge in [0.1, 0.15) is 0 Å². The molecule has 0 spiro atoms. The van der Waals surface area contributed by atoms with Crippen molar-refractivity contribution in [2.45, 2.75) is 57.0 Å². The fourth-order valence-electron chi connectivity index (χ4n) is 2.83. The Morgan fingerprint density at radius 3 is 2.58 bits per heavy atom. The summed E-state index contributed by atoms with van der Waals surface area (Å²) in [7, 11) is -2.12. The molecule has 1 aliphatic heterocycles. The van der Waals surface area contributed by atoms with Crippen molar-refractivity contribution in [3.63, 3.8) is 0 Å². The minimum Gasteiger partial charge on any atom is -0.336 e. The molecule has 0 saturated carbocycles. The Kier molecular flexibility index (Phi) is 5.94. The van der Waals surface area contributed by atoms with Crippen LogP contribution in [0.5, 0.6) is 0 Å². The fraction of sp³-hybridized carbons (Fsp3) is 0.588. The molecule has 5 nitrogen and oxygen atoms in total. The van der Waals surface area contributed by atoms with Crippen LogP contribution in [0.2, 0.25) is 5.02 Å². The number of piperidine rings is 1. The van der Waals surface area contributed by atoms with E-state index in [1.807, 2.05) is 6.92 Å². The van der Waals surface area contributed by atoms with Gasteiger partial charge in [-0.05, 0) is 58.2 Å². The molecule has 0 N–H and O–H groups in total. The van der Waals surface area contributed by atoms with E-state index >= 15 is 0 Å². The minimum atomic E-state index is -3.65. The van der Waals surface area contributed by atoms with E-state index < -0.39 is 10.0 Å². The van der Waals surface area contributed by atoms with Gasteiger partial charge in [-0.3, -0.25) is 4.79 Å². The molecule has 0 aromatic heterocycles. The van der Waals surface area contributed by atoms with Crippen LogP contribution in [0.15, 0.2) is 23.1 Å². The highest BCUT2D eigenvalue weighted by Crippen LogP contribution is 2.27. The zero-order chi connectivity index (χ0) is 18.1. The second-order valence-electron chi connectivity index (χ2n) is 6.60. The van der Waals surface area contributed by atoms with Crippen molar-refractivity contribution in [3.05, 3.63) is 28.8 Å². The average Bonchev–Trinajstić information content (AvgIpc) is 2.54. The smallest absolute Gasteiger partial charge is 0.255 e. The predicted octanol–water partition coefficient (Wildman–Crippen LogP) is 3.38. The van der Waals surface area contributed by atoms with Gasteiger partial charge in [-0.2, -0.15) is 4.31 Å². The van der Waals surface area contributed by atoms with Crippen molar-refractivity contribution >= 4 is 27.5 Å². The summed E-state index contributed by atoms with van der Waals surface area (Å²) in [5.74, 6) is -0.198.